The number of ether oxygens (including phenoxy) is 2. The molecule has 1 spiro atoms. The summed E-state index contributed by atoms with van der Waals surface area (Å²) in [5, 5.41) is 10.5. The first-order valence-corrected chi connectivity index (χ1v) is 7.62. The molecule has 0 aromatic heterocycles. The fourth-order valence-electron chi connectivity index (χ4n) is 3.39. The molecule has 3 nitrogen and oxygen atoms in total. The van der Waals surface area contributed by atoms with Crippen molar-refractivity contribution in [1.82, 2.24) is 0 Å². The highest BCUT2D eigenvalue weighted by Gasteiger charge is 2.42. The van der Waals surface area contributed by atoms with E-state index in [0.29, 0.717) is 12.5 Å². The molecule has 2 aliphatic heterocycles. The molecule has 1 aromatic carbocycles. The van der Waals surface area contributed by atoms with Crippen LogP contribution in [-0.4, -0.2) is 36.6 Å². The molecule has 3 unspecified atom stereocenters. The molecule has 2 fully saturated rings. The number of hydrogen-bond acceptors (Lipinski definition) is 3. The summed E-state index contributed by atoms with van der Waals surface area (Å²) in [5.74, 6) is 0.326. The molecular formula is C17H24O3. The van der Waals surface area contributed by atoms with E-state index in [1.54, 1.807) is 0 Å². The van der Waals surface area contributed by atoms with Gasteiger partial charge in [0, 0.05) is 19.6 Å². The molecule has 0 radical (unpaired) electrons. The van der Waals surface area contributed by atoms with Gasteiger partial charge in [-0.1, -0.05) is 29.8 Å². The topological polar surface area (TPSA) is 38.7 Å². The Morgan fingerprint density at radius 3 is 2.80 bits per heavy atom. The smallest absolute Gasteiger partial charge is 0.0940 e. The molecule has 20 heavy (non-hydrogen) atoms. The van der Waals surface area contributed by atoms with Gasteiger partial charge in [0.15, 0.2) is 0 Å². The van der Waals surface area contributed by atoms with Crippen LogP contribution in [0.5, 0.6) is 0 Å². The Hall–Kier alpha value is -0.900. The number of hydrogen-bond donors (Lipinski definition) is 1. The summed E-state index contributed by atoms with van der Waals surface area (Å²) in [5.41, 5.74) is 2.36. The van der Waals surface area contributed by atoms with Gasteiger partial charge in [0.25, 0.3) is 0 Å². The zero-order valence-electron chi connectivity index (χ0n) is 12.2. The van der Waals surface area contributed by atoms with Crippen molar-refractivity contribution in [1.29, 1.82) is 0 Å². The zero-order chi connectivity index (χ0) is 14.0. The van der Waals surface area contributed by atoms with Crippen LogP contribution in [-0.2, 0) is 15.9 Å². The normalized spacial score (nSPS) is 31.6. The Morgan fingerprint density at radius 1 is 1.30 bits per heavy atom. The predicted molar refractivity (Wildman–Crippen MR) is 77.7 cm³/mol. The van der Waals surface area contributed by atoms with E-state index in [9.17, 15) is 5.11 Å². The van der Waals surface area contributed by atoms with Gasteiger partial charge in [-0.05, 0) is 37.7 Å². The summed E-state index contributed by atoms with van der Waals surface area (Å²) in [6, 6.07) is 8.45. The Morgan fingerprint density at radius 2 is 2.10 bits per heavy atom. The summed E-state index contributed by atoms with van der Waals surface area (Å²) in [7, 11) is 0. The number of aliphatic hydroxyl groups is 1. The molecule has 0 bridgehead atoms. The largest absolute Gasteiger partial charge is 0.392 e. The molecule has 0 saturated carbocycles. The predicted octanol–water partition coefficient (Wildman–Crippen LogP) is 2.48. The van der Waals surface area contributed by atoms with Crippen LogP contribution < -0.4 is 0 Å². The minimum Gasteiger partial charge on any atom is -0.392 e. The monoisotopic (exact) mass is 276 g/mol. The number of aliphatic hydroxyl groups excluding tert-OH is 1. The first-order valence-electron chi connectivity index (χ1n) is 7.62. The molecule has 3 rings (SSSR count). The van der Waals surface area contributed by atoms with Gasteiger partial charge in [-0.3, -0.25) is 0 Å². The standard InChI is InChI=1S/C17H24O3/c1-13-2-4-14(5-3-13)10-16(18)15-6-8-20-17(11-15)7-9-19-12-17/h2-5,15-16,18H,6-12H2,1H3. The van der Waals surface area contributed by atoms with Crippen molar-refractivity contribution < 1.29 is 14.6 Å². The maximum atomic E-state index is 10.5. The van der Waals surface area contributed by atoms with E-state index in [1.165, 1.54) is 11.1 Å². The van der Waals surface area contributed by atoms with Crippen molar-refractivity contribution in [2.75, 3.05) is 19.8 Å². The van der Waals surface area contributed by atoms with Gasteiger partial charge in [0.05, 0.1) is 18.3 Å². The summed E-state index contributed by atoms with van der Waals surface area (Å²) in [6.45, 7) is 4.32. The van der Waals surface area contributed by atoms with Gasteiger partial charge in [-0.2, -0.15) is 0 Å². The van der Waals surface area contributed by atoms with Crippen LogP contribution in [0.25, 0.3) is 0 Å². The third kappa shape index (κ3) is 3.05. The Labute approximate surface area is 120 Å². The molecular weight excluding hydrogens is 252 g/mol. The van der Waals surface area contributed by atoms with E-state index >= 15 is 0 Å². The van der Waals surface area contributed by atoms with Crippen molar-refractivity contribution in [3.05, 3.63) is 35.4 Å². The van der Waals surface area contributed by atoms with Crippen LogP contribution in [0, 0.1) is 12.8 Å². The van der Waals surface area contributed by atoms with E-state index in [2.05, 4.69) is 31.2 Å². The van der Waals surface area contributed by atoms with E-state index in [1.807, 2.05) is 0 Å². The van der Waals surface area contributed by atoms with Gasteiger partial charge in [0.2, 0.25) is 0 Å². The summed E-state index contributed by atoms with van der Waals surface area (Å²) in [4.78, 5) is 0. The van der Waals surface area contributed by atoms with Crippen LogP contribution in [0.15, 0.2) is 24.3 Å². The lowest BCUT2D eigenvalue weighted by Gasteiger charge is -2.39. The molecule has 110 valence electrons. The lowest BCUT2D eigenvalue weighted by Crippen LogP contribution is -2.44. The summed E-state index contributed by atoms with van der Waals surface area (Å²) < 4.78 is 11.4. The van der Waals surface area contributed by atoms with Crippen molar-refractivity contribution in [3.63, 3.8) is 0 Å². The van der Waals surface area contributed by atoms with Crippen molar-refractivity contribution >= 4 is 0 Å². The average molecular weight is 276 g/mol. The molecule has 0 aliphatic carbocycles. The molecule has 1 N–H and O–H groups in total. The zero-order valence-corrected chi connectivity index (χ0v) is 12.2. The van der Waals surface area contributed by atoms with Gasteiger partial charge >= 0.3 is 0 Å². The van der Waals surface area contributed by atoms with E-state index in [-0.39, 0.29) is 11.7 Å². The second kappa shape index (κ2) is 5.84. The lowest BCUT2D eigenvalue weighted by atomic mass is 9.80. The molecule has 2 heterocycles. The average Bonchev–Trinajstić information content (AvgIpc) is 2.89. The first kappa shape index (κ1) is 14.1. The fourth-order valence-corrected chi connectivity index (χ4v) is 3.39. The number of rotatable bonds is 3. The highest BCUT2D eigenvalue weighted by molar-refractivity contribution is 5.22. The number of benzene rings is 1. The second-order valence-electron chi connectivity index (χ2n) is 6.34. The maximum Gasteiger partial charge on any atom is 0.0940 e. The van der Waals surface area contributed by atoms with Crippen LogP contribution in [0.4, 0.5) is 0 Å². The molecule has 2 aliphatic rings. The van der Waals surface area contributed by atoms with Crippen molar-refractivity contribution in [2.45, 2.75) is 44.3 Å². The molecule has 0 amide bonds. The molecule has 1 aromatic rings. The summed E-state index contributed by atoms with van der Waals surface area (Å²) in [6.07, 6.45) is 3.32. The van der Waals surface area contributed by atoms with Crippen LogP contribution in [0.3, 0.4) is 0 Å². The lowest BCUT2D eigenvalue weighted by molar-refractivity contribution is -0.116. The van der Waals surface area contributed by atoms with E-state index in [4.69, 9.17) is 9.47 Å². The van der Waals surface area contributed by atoms with Gasteiger partial charge in [-0.15, -0.1) is 0 Å². The van der Waals surface area contributed by atoms with Gasteiger partial charge in [-0.25, -0.2) is 0 Å². The van der Waals surface area contributed by atoms with Crippen molar-refractivity contribution in [3.8, 4) is 0 Å². The van der Waals surface area contributed by atoms with Crippen LogP contribution >= 0.6 is 0 Å². The van der Waals surface area contributed by atoms with Gasteiger partial charge in [0.1, 0.15) is 0 Å². The van der Waals surface area contributed by atoms with Crippen LogP contribution in [0.1, 0.15) is 30.4 Å². The fraction of sp³-hybridized carbons (Fsp3) is 0.647. The Bertz CT molecular complexity index is 434. The molecule has 3 heteroatoms. The first-order chi connectivity index (χ1) is 9.67. The summed E-state index contributed by atoms with van der Waals surface area (Å²) >= 11 is 0. The molecule has 3 atom stereocenters. The highest BCUT2D eigenvalue weighted by Crippen LogP contribution is 2.37. The highest BCUT2D eigenvalue weighted by atomic mass is 16.6. The van der Waals surface area contributed by atoms with Gasteiger partial charge < -0.3 is 14.6 Å². The van der Waals surface area contributed by atoms with E-state index in [0.717, 1.165) is 38.9 Å². The quantitative estimate of drug-likeness (QED) is 0.922. The third-order valence-electron chi connectivity index (χ3n) is 4.71. The Kier molecular flexibility index (Phi) is 4.11. The third-order valence-corrected chi connectivity index (χ3v) is 4.71. The minimum atomic E-state index is -0.279. The number of aryl methyl sites for hydroxylation is 1. The molecule has 2 saturated heterocycles. The SMILES string of the molecule is Cc1ccc(CC(O)C2CCOC3(CCOC3)C2)cc1. The van der Waals surface area contributed by atoms with Crippen molar-refractivity contribution in [2.24, 2.45) is 5.92 Å². The second-order valence-corrected chi connectivity index (χ2v) is 6.34. The van der Waals surface area contributed by atoms with E-state index < -0.39 is 0 Å². The Balaban J connectivity index is 1.61. The maximum absolute atomic E-state index is 10.5. The van der Waals surface area contributed by atoms with Crippen LogP contribution in [0.2, 0.25) is 0 Å². The minimum absolute atomic E-state index is 0.114.